The molecule has 0 aliphatic heterocycles. The summed E-state index contributed by atoms with van der Waals surface area (Å²) in [7, 11) is 0. The molecule has 0 aliphatic carbocycles. The second-order valence-electron chi connectivity index (χ2n) is 5.62. The standard InChI is InChI=1S/C21H18N2O4S/c1-28-20-18(8-5-13-22-20)21(25)26-14-19(24)23-15-9-11-17(12-10-15)27-16-6-3-2-4-7-16/h2-13H,14H2,1H3,(H,23,24). The van der Waals surface area contributed by atoms with Crippen molar-refractivity contribution in [2.24, 2.45) is 0 Å². The van der Waals surface area contributed by atoms with Crippen LogP contribution in [0, 0.1) is 0 Å². The molecule has 0 unspecified atom stereocenters. The quantitative estimate of drug-likeness (QED) is 0.473. The molecule has 3 rings (SSSR count). The summed E-state index contributed by atoms with van der Waals surface area (Å²) in [5.41, 5.74) is 0.915. The number of esters is 1. The van der Waals surface area contributed by atoms with E-state index in [-0.39, 0.29) is 6.61 Å². The second-order valence-corrected chi connectivity index (χ2v) is 6.42. The number of thioether (sulfide) groups is 1. The number of carbonyl (C=O) groups is 2. The van der Waals surface area contributed by atoms with Gasteiger partial charge >= 0.3 is 5.97 Å². The number of anilines is 1. The van der Waals surface area contributed by atoms with Crippen LogP contribution in [0.3, 0.4) is 0 Å². The van der Waals surface area contributed by atoms with Gasteiger partial charge in [-0.3, -0.25) is 4.79 Å². The Morgan fingerprint density at radius 2 is 1.68 bits per heavy atom. The molecule has 0 bridgehead atoms. The van der Waals surface area contributed by atoms with E-state index in [4.69, 9.17) is 9.47 Å². The first-order chi connectivity index (χ1) is 13.7. The van der Waals surface area contributed by atoms with E-state index in [2.05, 4.69) is 10.3 Å². The van der Waals surface area contributed by atoms with Gasteiger partial charge in [0.1, 0.15) is 16.5 Å². The number of para-hydroxylation sites is 1. The number of hydrogen-bond donors (Lipinski definition) is 1. The number of carbonyl (C=O) groups excluding carboxylic acids is 2. The molecule has 0 saturated heterocycles. The molecule has 1 amide bonds. The van der Waals surface area contributed by atoms with E-state index in [0.29, 0.717) is 22.0 Å². The van der Waals surface area contributed by atoms with E-state index in [1.165, 1.54) is 11.8 Å². The molecule has 0 aliphatic rings. The highest BCUT2D eigenvalue weighted by Crippen LogP contribution is 2.22. The van der Waals surface area contributed by atoms with Gasteiger partial charge in [0.25, 0.3) is 5.91 Å². The molecule has 0 radical (unpaired) electrons. The number of nitrogens with one attached hydrogen (secondary N) is 1. The van der Waals surface area contributed by atoms with Crippen LogP contribution in [0.2, 0.25) is 0 Å². The maximum Gasteiger partial charge on any atom is 0.341 e. The van der Waals surface area contributed by atoms with Crippen molar-refractivity contribution in [3.63, 3.8) is 0 Å². The highest BCUT2D eigenvalue weighted by Gasteiger charge is 2.14. The van der Waals surface area contributed by atoms with Gasteiger partial charge in [-0.25, -0.2) is 9.78 Å². The van der Waals surface area contributed by atoms with Gasteiger partial charge < -0.3 is 14.8 Å². The number of rotatable bonds is 7. The zero-order chi connectivity index (χ0) is 19.8. The Morgan fingerprint density at radius 3 is 2.39 bits per heavy atom. The van der Waals surface area contributed by atoms with Gasteiger partial charge in [0.2, 0.25) is 0 Å². The molecule has 6 nitrogen and oxygen atoms in total. The predicted molar refractivity (Wildman–Crippen MR) is 108 cm³/mol. The number of pyridine rings is 1. The maximum atomic E-state index is 12.1. The minimum atomic E-state index is -0.584. The highest BCUT2D eigenvalue weighted by molar-refractivity contribution is 7.98. The second kappa shape index (κ2) is 9.57. The number of ether oxygens (including phenoxy) is 2. The first kappa shape index (κ1) is 19.4. The number of hydrogen-bond acceptors (Lipinski definition) is 6. The van der Waals surface area contributed by atoms with E-state index in [1.54, 1.807) is 42.6 Å². The Labute approximate surface area is 166 Å². The summed E-state index contributed by atoms with van der Waals surface area (Å²) in [5.74, 6) is 0.363. The van der Waals surface area contributed by atoms with Gasteiger partial charge in [-0.1, -0.05) is 18.2 Å². The molecule has 142 valence electrons. The van der Waals surface area contributed by atoms with Crippen LogP contribution in [0.4, 0.5) is 5.69 Å². The minimum absolute atomic E-state index is 0.338. The first-order valence-electron chi connectivity index (χ1n) is 8.44. The number of benzene rings is 2. The van der Waals surface area contributed by atoms with Crippen molar-refractivity contribution in [2.45, 2.75) is 5.03 Å². The average Bonchev–Trinajstić information content (AvgIpc) is 2.74. The largest absolute Gasteiger partial charge is 0.457 e. The van der Waals surface area contributed by atoms with E-state index < -0.39 is 11.9 Å². The summed E-state index contributed by atoms with van der Waals surface area (Å²) in [5, 5.41) is 3.23. The van der Waals surface area contributed by atoms with Crippen molar-refractivity contribution < 1.29 is 19.1 Å². The van der Waals surface area contributed by atoms with Crippen LogP contribution < -0.4 is 10.1 Å². The van der Waals surface area contributed by atoms with Crippen LogP contribution in [0.15, 0.2) is 78.0 Å². The molecule has 1 heterocycles. The summed E-state index contributed by atoms with van der Waals surface area (Å²) < 4.78 is 10.8. The molecule has 28 heavy (non-hydrogen) atoms. The van der Waals surface area contributed by atoms with E-state index >= 15 is 0 Å². The Balaban J connectivity index is 1.51. The van der Waals surface area contributed by atoms with Crippen LogP contribution in [0.1, 0.15) is 10.4 Å². The van der Waals surface area contributed by atoms with Gasteiger partial charge in [0.05, 0.1) is 5.56 Å². The topological polar surface area (TPSA) is 77.5 Å². The molecule has 0 saturated carbocycles. The van der Waals surface area contributed by atoms with Crippen LogP contribution in [-0.4, -0.2) is 29.7 Å². The lowest BCUT2D eigenvalue weighted by Gasteiger charge is -2.09. The molecule has 1 aromatic heterocycles. The Hall–Kier alpha value is -3.32. The van der Waals surface area contributed by atoms with Gasteiger partial charge in [0.15, 0.2) is 6.61 Å². The molecular formula is C21H18N2O4S. The SMILES string of the molecule is CSc1ncccc1C(=O)OCC(=O)Nc1ccc(Oc2ccccc2)cc1. The zero-order valence-corrected chi connectivity index (χ0v) is 15.9. The molecular weight excluding hydrogens is 376 g/mol. The number of aromatic nitrogens is 1. The lowest BCUT2D eigenvalue weighted by atomic mass is 10.3. The smallest absolute Gasteiger partial charge is 0.341 e. The van der Waals surface area contributed by atoms with Gasteiger partial charge in [-0.05, 0) is 54.8 Å². The molecule has 7 heteroatoms. The predicted octanol–water partition coefficient (Wildman–Crippen LogP) is 4.39. The van der Waals surface area contributed by atoms with Gasteiger partial charge in [0, 0.05) is 11.9 Å². The molecule has 0 atom stereocenters. The molecule has 0 spiro atoms. The summed E-state index contributed by atoms with van der Waals surface area (Å²) >= 11 is 1.34. The summed E-state index contributed by atoms with van der Waals surface area (Å²) in [6, 6.07) is 19.6. The third-order valence-corrected chi connectivity index (χ3v) is 4.35. The molecule has 2 aromatic carbocycles. The summed E-state index contributed by atoms with van der Waals surface area (Å²) in [6.45, 7) is -0.385. The molecule has 3 aromatic rings. The van der Waals surface area contributed by atoms with Crippen molar-refractivity contribution in [1.82, 2.24) is 4.98 Å². The van der Waals surface area contributed by atoms with Crippen LogP contribution in [0.25, 0.3) is 0 Å². The highest BCUT2D eigenvalue weighted by atomic mass is 32.2. The van der Waals surface area contributed by atoms with Crippen molar-refractivity contribution in [3.05, 3.63) is 78.5 Å². The van der Waals surface area contributed by atoms with Crippen molar-refractivity contribution in [3.8, 4) is 11.5 Å². The lowest BCUT2D eigenvalue weighted by Crippen LogP contribution is -2.21. The van der Waals surface area contributed by atoms with E-state index in [1.807, 2.05) is 36.6 Å². The molecule has 0 fully saturated rings. The maximum absolute atomic E-state index is 12.1. The molecule has 1 N–H and O–H groups in total. The van der Waals surface area contributed by atoms with E-state index in [9.17, 15) is 9.59 Å². The Morgan fingerprint density at radius 1 is 0.964 bits per heavy atom. The average molecular weight is 394 g/mol. The Kier molecular flexibility index (Phi) is 6.64. The van der Waals surface area contributed by atoms with Crippen molar-refractivity contribution in [1.29, 1.82) is 0 Å². The summed E-state index contributed by atoms with van der Waals surface area (Å²) in [6.07, 6.45) is 3.41. The first-order valence-corrected chi connectivity index (χ1v) is 9.67. The van der Waals surface area contributed by atoms with E-state index in [0.717, 1.165) is 5.75 Å². The van der Waals surface area contributed by atoms with Crippen molar-refractivity contribution in [2.75, 3.05) is 18.2 Å². The third kappa shape index (κ3) is 5.34. The normalized spacial score (nSPS) is 10.2. The fourth-order valence-electron chi connectivity index (χ4n) is 2.35. The minimum Gasteiger partial charge on any atom is -0.457 e. The lowest BCUT2D eigenvalue weighted by molar-refractivity contribution is -0.119. The monoisotopic (exact) mass is 394 g/mol. The third-order valence-electron chi connectivity index (χ3n) is 3.64. The fourth-order valence-corrected chi connectivity index (χ4v) is 2.88. The summed E-state index contributed by atoms with van der Waals surface area (Å²) in [4.78, 5) is 28.3. The number of amides is 1. The van der Waals surface area contributed by atoms with Crippen LogP contribution in [-0.2, 0) is 9.53 Å². The van der Waals surface area contributed by atoms with Crippen LogP contribution in [0.5, 0.6) is 11.5 Å². The van der Waals surface area contributed by atoms with Gasteiger partial charge in [-0.15, -0.1) is 11.8 Å². The number of nitrogens with zero attached hydrogens (tertiary/aromatic N) is 1. The zero-order valence-electron chi connectivity index (χ0n) is 15.1. The Bertz CT molecular complexity index is 946. The fraction of sp³-hybridized carbons (Fsp3) is 0.0952. The van der Waals surface area contributed by atoms with Crippen molar-refractivity contribution >= 4 is 29.3 Å². The van der Waals surface area contributed by atoms with Gasteiger partial charge in [-0.2, -0.15) is 0 Å². The van der Waals surface area contributed by atoms with Crippen LogP contribution >= 0.6 is 11.8 Å².